The third-order valence-electron chi connectivity index (χ3n) is 4.69. The monoisotopic (exact) mass is 378 g/mol. The fraction of sp³-hybridized carbons (Fsp3) is 0.273. The quantitative estimate of drug-likeness (QED) is 0.652. The molecule has 1 aliphatic rings. The summed E-state index contributed by atoms with van der Waals surface area (Å²) in [6.45, 7) is 1.56. The van der Waals surface area contributed by atoms with Gasteiger partial charge in [-0.1, -0.05) is 41.6 Å². The molecule has 0 unspecified atom stereocenters. The first-order valence-electron chi connectivity index (χ1n) is 9.37. The Morgan fingerprint density at radius 1 is 1.07 bits per heavy atom. The van der Waals surface area contributed by atoms with E-state index in [-0.39, 0.29) is 5.91 Å². The molecule has 6 nitrogen and oxygen atoms in total. The molecule has 0 aliphatic carbocycles. The Hall–Kier alpha value is -3.28. The van der Waals surface area contributed by atoms with Gasteiger partial charge in [-0.25, -0.2) is 0 Å². The summed E-state index contributed by atoms with van der Waals surface area (Å²) in [4.78, 5) is 14.5. The summed E-state index contributed by atoms with van der Waals surface area (Å²) < 4.78 is 16.6. The number of amides is 1. The summed E-state index contributed by atoms with van der Waals surface area (Å²) in [5, 5.41) is 4.13. The van der Waals surface area contributed by atoms with E-state index in [4.69, 9.17) is 14.0 Å². The average molecular weight is 378 g/mol. The second-order valence-corrected chi connectivity index (χ2v) is 6.70. The van der Waals surface area contributed by atoms with Crippen molar-refractivity contribution in [1.82, 2.24) is 10.1 Å². The summed E-state index contributed by atoms with van der Waals surface area (Å²) >= 11 is 0. The van der Waals surface area contributed by atoms with E-state index in [0.717, 1.165) is 23.4 Å². The second-order valence-electron chi connectivity index (χ2n) is 6.70. The number of hydrogen-bond donors (Lipinski definition) is 0. The van der Waals surface area contributed by atoms with Gasteiger partial charge >= 0.3 is 0 Å². The van der Waals surface area contributed by atoms with Crippen molar-refractivity contribution in [1.29, 1.82) is 0 Å². The normalized spacial score (nSPS) is 12.6. The Bertz CT molecular complexity index is 952. The first-order valence-corrected chi connectivity index (χ1v) is 9.37. The zero-order valence-electron chi connectivity index (χ0n) is 15.8. The first-order chi connectivity index (χ1) is 13.7. The highest BCUT2D eigenvalue weighted by Crippen LogP contribution is 2.34. The van der Waals surface area contributed by atoms with Gasteiger partial charge in [0.1, 0.15) is 24.7 Å². The van der Waals surface area contributed by atoms with Gasteiger partial charge in [0.25, 0.3) is 5.91 Å². The molecule has 1 aromatic heterocycles. The van der Waals surface area contributed by atoms with Crippen molar-refractivity contribution in [3.05, 3.63) is 65.9 Å². The molecule has 0 bridgehead atoms. The third-order valence-corrected chi connectivity index (χ3v) is 4.69. The molecule has 3 aromatic rings. The zero-order valence-corrected chi connectivity index (χ0v) is 15.8. The molecule has 0 radical (unpaired) electrons. The lowest BCUT2D eigenvalue weighted by Crippen LogP contribution is -2.29. The number of para-hydroxylation sites is 1. The van der Waals surface area contributed by atoms with Gasteiger partial charge in [-0.05, 0) is 18.6 Å². The molecule has 28 heavy (non-hydrogen) atoms. The van der Waals surface area contributed by atoms with E-state index >= 15 is 0 Å². The first kappa shape index (κ1) is 18.1. The minimum absolute atomic E-state index is 0.0788. The molecule has 0 fully saturated rings. The maximum absolute atomic E-state index is 12.8. The third kappa shape index (κ3) is 3.86. The molecule has 0 spiro atoms. The minimum Gasteiger partial charge on any atom is -0.486 e. The van der Waals surface area contributed by atoms with Gasteiger partial charge in [0, 0.05) is 31.6 Å². The van der Waals surface area contributed by atoms with E-state index in [9.17, 15) is 4.79 Å². The van der Waals surface area contributed by atoms with Gasteiger partial charge in [0.2, 0.25) is 0 Å². The van der Waals surface area contributed by atoms with Gasteiger partial charge in [-0.2, -0.15) is 0 Å². The second kappa shape index (κ2) is 8.17. The van der Waals surface area contributed by atoms with Crippen LogP contribution in [0.25, 0.3) is 11.3 Å². The van der Waals surface area contributed by atoms with Gasteiger partial charge < -0.3 is 18.9 Å². The van der Waals surface area contributed by atoms with E-state index < -0.39 is 0 Å². The standard InChI is InChI=1S/C22H22N2O4/c1-24(22(25)18-10-5-11-20-21(18)27-14-13-26-20)12-6-9-17-15-19(23-28-17)16-7-3-2-4-8-16/h2-5,7-8,10-11,15H,6,9,12-14H2,1H3. The van der Waals surface area contributed by atoms with Gasteiger partial charge in [0.05, 0.1) is 5.56 Å². The predicted molar refractivity (Wildman–Crippen MR) is 105 cm³/mol. The van der Waals surface area contributed by atoms with Crippen molar-refractivity contribution in [3.63, 3.8) is 0 Å². The van der Waals surface area contributed by atoms with Crippen molar-refractivity contribution in [2.24, 2.45) is 0 Å². The highest BCUT2D eigenvalue weighted by Gasteiger charge is 2.22. The average Bonchev–Trinajstić information content (AvgIpc) is 3.22. The molecule has 2 aromatic carbocycles. The van der Waals surface area contributed by atoms with Crippen LogP contribution in [0.1, 0.15) is 22.5 Å². The number of nitrogens with zero attached hydrogens (tertiary/aromatic N) is 2. The Morgan fingerprint density at radius 3 is 2.75 bits per heavy atom. The van der Waals surface area contributed by atoms with Crippen LogP contribution in [0.4, 0.5) is 0 Å². The van der Waals surface area contributed by atoms with Crippen LogP contribution < -0.4 is 9.47 Å². The maximum Gasteiger partial charge on any atom is 0.257 e. The van der Waals surface area contributed by atoms with Crippen LogP contribution in [0.15, 0.2) is 59.1 Å². The Labute approximate surface area is 163 Å². The Kier molecular flexibility index (Phi) is 5.28. The van der Waals surface area contributed by atoms with Crippen LogP contribution in [0.5, 0.6) is 11.5 Å². The smallest absolute Gasteiger partial charge is 0.257 e. The molecule has 0 N–H and O–H groups in total. The molecule has 1 aliphatic heterocycles. The van der Waals surface area contributed by atoms with Crippen LogP contribution in [-0.4, -0.2) is 42.8 Å². The fourth-order valence-electron chi connectivity index (χ4n) is 3.22. The molecule has 0 saturated carbocycles. The molecule has 1 amide bonds. The summed E-state index contributed by atoms with van der Waals surface area (Å²) in [5.74, 6) is 1.90. The van der Waals surface area contributed by atoms with Crippen LogP contribution in [0, 0.1) is 0 Å². The van der Waals surface area contributed by atoms with Crippen LogP contribution in [-0.2, 0) is 6.42 Å². The van der Waals surface area contributed by atoms with Gasteiger partial charge in [-0.15, -0.1) is 0 Å². The summed E-state index contributed by atoms with van der Waals surface area (Å²) in [5.41, 5.74) is 2.39. The predicted octanol–water partition coefficient (Wildman–Crippen LogP) is 3.82. The highest BCUT2D eigenvalue weighted by molar-refractivity contribution is 5.97. The van der Waals surface area contributed by atoms with E-state index in [2.05, 4.69) is 5.16 Å². The summed E-state index contributed by atoms with van der Waals surface area (Å²) in [7, 11) is 1.79. The molecule has 0 atom stereocenters. The minimum atomic E-state index is -0.0788. The number of benzene rings is 2. The lowest BCUT2D eigenvalue weighted by molar-refractivity contribution is 0.0782. The summed E-state index contributed by atoms with van der Waals surface area (Å²) in [6, 6.07) is 17.3. The van der Waals surface area contributed by atoms with Crippen molar-refractivity contribution in [3.8, 4) is 22.8 Å². The number of ether oxygens (including phenoxy) is 2. The molecular weight excluding hydrogens is 356 g/mol. The molecular formula is C22H22N2O4. The highest BCUT2D eigenvalue weighted by atomic mass is 16.6. The van der Waals surface area contributed by atoms with Crippen LogP contribution in [0.2, 0.25) is 0 Å². The largest absolute Gasteiger partial charge is 0.486 e. The SMILES string of the molecule is CN(CCCc1cc(-c2ccccc2)no1)C(=O)c1cccc2c1OCCO2. The number of aromatic nitrogens is 1. The van der Waals surface area contributed by atoms with E-state index in [1.165, 1.54) is 0 Å². The lowest BCUT2D eigenvalue weighted by atomic mass is 10.1. The van der Waals surface area contributed by atoms with Crippen LogP contribution in [0.3, 0.4) is 0 Å². The topological polar surface area (TPSA) is 64.8 Å². The number of carbonyl (C=O) groups is 1. The van der Waals surface area contributed by atoms with E-state index in [1.54, 1.807) is 18.0 Å². The van der Waals surface area contributed by atoms with Crippen molar-refractivity contribution in [2.45, 2.75) is 12.8 Å². The summed E-state index contributed by atoms with van der Waals surface area (Å²) in [6.07, 6.45) is 1.49. The van der Waals surface area contributed by atoms with E-state index in [0.29, 0.717) is 43.2 Å². The number of hydrogen-bond acceptors (Lipinski definition) is 5. The van der Waals surface area contributed by atoms with Gasteiger partial charge in [0.15, 0.2) is 11.5 Å². The molecule has 0 saturated heterocycles. The zero-order chi connectivity index (χ0) is 19.3. The van der Waals surface area contributed by atoms with Gasteiger partial charge in [-0.3, -0.25) is 4.79 Å². The van der Waals surface area contributed by atoms with Crippen molar-refractivity contribution in [2.75, 3.05) is 26.8 Å². The van der Waals surface area contributed by atoms with Crippen LogP contribution >= 0.6 is 0 Å². The van der Waals surface area contributed by atoms with E-state index in [1.807, 2.05) is 48.5 Å². The number of rotatable bonds is 6. The molecule has 4 rings (SSSR count). The Balaban J connectivity index is 1.34. The fourth-order valence-corrected chi connectivity index (χ4v) is 3.22. The maximum atomic E-state index is 12.8. The number of fused-ring (bicyclic) bond motifs is 1. The number of aryl methyl sites for hydroxylation is 1. The van der Waals surface area contributed by atoms with Crippen molar-refractivity contribution < 1.29 is 18.8 Å². The Morgan fingerprint density at radius 2 is 1.89 bits per heavy atom. The molecule has 2 heterocycles. The van der Waals surface area contributed by atoms with Crippen molar-refractivity contribution >= 4 is 5.91 Å². The molecule has 144 valence electrons. The molecule has 6 heteroatoms. The number of carbonyl (C=O) groups excluding carboxylic acids is 1. The lowest BCUT2D eigenvalue weighted by Gasteiger charge is -2.23.